The first-order chi connectivity index (χ1) is 25.5. The molecule has 1 N–H and O–H groups in total. The first kappa shape index (κ1) is 43.7. The van der Waals surface area contributed by atoms with Gasteiger partial charge in [-0.25, -0.2) is 0 Å². The van der Waals surface area contributed by atoms with Crippen LogP contribution in [0, 0.1) is 29.7 Å². The van der Waals surface area contributed by atoms with E-state index in [-0.39, 0.29) is 47.9 Å². The van der Waals surface area contributed by atoms with Crippen molar-refractivity contribution in [2.24, 2.45) is 16.7 Å². The van der Waals surface area contributed by atoms with Crippen molar-refractivity contribution in [2.45, 2.75) is 121 Å². The summed E-state index contributed by atoms with van der Waals surface area (Å²) in [7, 11) is 0. The molecular weight excluding hydrogens is 859 g/mol. The maximum atomic E-state index is 12.2. The molecule has 1 radical (unpaired) electrons. The number of aromatic nitrogens is 1. The summed E-state index contributed by atoms with van der Waals surface area (Å²) in [6.07, 6.45) is 7.57. The van der Waals surface area contributed by atoms with Crippen molar-refractivity contribution in [3.8, 4) is 22.6 Å². The molecule has 6 rings (SSSR count). The van der Waals surface area contributed by atoms with E-state index < -0.39 is 0 Å². The Morgan fingerprint density at radius 3 is 2.07 bits per heavy atom. The molecule has 0 amide bonds. The van der Waals surface area contributed by atoms with Crippen LogP contribution in [0.3, 0.4) is 0 Å². The molecule has 0 aliphatic rings. The number of carbonyl (C=O) groups is 1. The minimum atomic E-state index is -0.337. The number of allylic oxidation sites excluding steroid dienone is 2. The molecule has 0 spiro atoms. The van der Waals surface area contributed by atoms with E-state index in [1.165, 1.54) is 28.0 Å². The molecule has 55 heavy (non-hydrogen) atoms. The van der Waals surface area contributed by atoms with E-state index in [4.69, 9.17) is 13.8 Å². The van der Waals surface area contributed by atoms with Crippen LogP contribution in [0.5, 0.6) is 0 Å². The van der Waals surface area contributed by atoms with Crippen molar-refractivity contribution < 1.29 is 38.8 Å². The number of aryl methyl sites for hydroxylation is 1. The normalized spacial score (nSPS) is 12.6. The average Bonchev–Trinajstić information content (AvgIpc) is 3.73. The number of rotatable bonds is 11. The summed E-state index contributed by atoms with van der Waals surface area (Å²) in [6.45, 7) is 25.4. The fourth-order valence-corrected chi connectivity index (χ4v) is 7.07. The SMILES string of the molecule is CCC(C)(CC)C(=O)/C=C(\O)C(C)(CC)CC.Cc1oc2ccc(-c3cc4c(-c5[c-]c6ccccc6c(C(C)(C)C)c5)nccc4o3)cc2c1CC(C)C.[Ir]. The molecule has 3 heterocycles. The van der Waals surface area contributed by atoms with Crippen molar-refractivity contribution in [1.29, 1.82) is 0 Å². The number of hydrogen-bond acceptors (Lipinski definition) is 5. The first-order valence-corrected chi connectivity index (χ1v) is 19.8. The van der Waals surface area contributed by atoms with Crippen LogP contribution in [0.2, 0.25) is 0 Å². The number of nitrogens with zero attached hydrogens (tertiary/aromatic N) is 1. The fraction of sp³-hybridized carbons (Fsp3) is 0.429. The topological polar surface area (TPSA) is 76.5 Å². The van der Waals surface area contributed by atoms with E-state index in [1.807, 2.05) is 53.8 Å². The second kappa shape index (κ2) is 17.4. The van der Waals surface area contributed by atoms with E-state index >= 15 is 0 Å². The molecular formula is C49H60IrNO4-. The van der Waals surface area contributed by atoms with Gasteiger partial charge in [0.05, 0.1) is 0 Å². The number of hydrogen-bond donors (Lipinski definition) is 1. The Kier molecular flexibility index (Phi) is 13.9. The van der Waals surface area contributed by atoms with Gasteiger partial charge in [-0.15, -0.1) is 29.1 Å². The van der Waals surface area contributed by atoms with Crippen LogP contribution in [-0.2, 0) is 36.7 Å². The van der Waals surface area contributed by atoms with Crippen LogP contribution < -0.4 is 0 Å². The Labute approximate surface area is 342 Å². The molecule has 0 saturated carbocycles. The summed E-state index contributed by atoms with van der Waals surface area (Å²) in [6, 6.07) is 24.8. The van der Waals surface area contributed by atoms with Crippen LogP contribution in [0.15, 0.2) is 87.5 Å². The van der Waals surface area contributed by atoms with Crippen LogP contribution in [0.4, 0.5) is 0 Å². The minimum absolute atomic E-state index is 0. The monoisotopic (exact) mass is 919 g/mol. The summed E-state index contributed by atoms with van der Waals surface area (Å²) < 4.78 is 12.4. The van der Waals surface area contributed by atoms with Crippen LogP contribution >= 0.6 is 0 Å². The molecule has 6 aromatic rings. The van der Waals surface area contributed by atoms with Crippen LogP contribution in [-0.4, -0.2) is 15.9 Å². The first-order valence-electron chi connectivity index (χ1n) is 19.8. The van der Waals surface area contributed by atoms with Gasteiger partial charge in [-0.1, -0.05) is 105 Å². The summed E-state index contributed by atoms with van der Waals surface area (Å²) in [5, 5.41) is 14.6. The summed E-state index contributed by atoms with van der Waals surface area (Å²) in [5.74, 6) is 2.67. The van der Waals surface area contributed by atoms with E-state index in [1.54, 1.807) is 0 Å². The second-order valence-electron chi connectivity index (χ2n) is 16.9. The Morgan fingerprint density at radius 2 is 1.45 bits per heavy atom. The third-order valence-electron chi connectivity index (χ3n) is 11.8. The number of aliphatic hydroxyl groups excluding tert-OH is 1. The molecule has 3 aromatic carbocycles. The van der Waals surface area contributed by atoms with Crippen LogP contribution in [0.25, 0.3) is 55.3 Å². The van der Waals surface area contributed by atoms with Gasteiger partial charge in [-0.3, -0.25) is 9.78 Å². The maximum Gasteiger partial charge on any atom is 0.164 e. The quantitative estimate of drug-likeness (QED) is 0.0796. The van der Waals surface area contributed by atoms with Gasteiger partial charge in [0.1, 0.15) is 28.4 Å². The van der Waals surface area contributed by atoms with Crippen molar-refractivity contribution in [2.75, 3.05) is 0 Å². The fourth-order valence-electron chi connectivity index (χ4n) is 7.07. The number of ketones is 1. The Balaban J connectivity index is 0.000000320. The Morgan fingerprint density at radius 1 is 0.818 bits per heavy atom. The molecule has 0 unspecified atom stereocenters. The number of pyridine rings is 1. The molecule has 3 aromatic heterocycles. The largest absolute Gasteiger partial charge is 0.512 e. The zero-order valence-electron chi connectivity index (χ0n) is 35.0. The maximum absolute atomic E-state index is 12.2. The predicted molar refractivity (Wildman–Crippen MR) is 226 cm³/mol. The molecule has 5 nitrogen and oxygen atoms in total. The van der Waals surface area contributed by atoms with Gasteiger partial charge in [-0.2, -0.15) is 0 Å². The third-order valence-corrected chi connectivity index (χ3v) is 11.8. The Hall–Kier alpha value is -3.99. The summed E-state index contributed by atoms with van der Waals surface area (Å²) in [4.78, 5) is 17.0. The smallest absolute Gasteiger partial charge is 0.164 e. The van der Waals surface area contributed by atoms with E-state index in [0.29, 0.717) is 5.92 Å². The number of fused-ring (bicyclic) bond motifs is 3. The second-order valence-corrected chi connectivity index (χ2v) is 16.9. The van der Waals surface area contributed by atoms with Gasteiger partial charge in [-0.05, 0) is 80.7 Å². The molecule has 0 atom stereocenters. The minimum Gasteiger partial charge on any atom is -0.512 e. The molecule has 0 aliphatic heterocycles. The number of benzene rings is 3. The standard InChI is InChI=1S/C34H32NO2.C15H28O2.Ir/c1-20(2)15-26-21(3)36-30-12-11-23(17-27(26)30)32-19-28-31(37-32)13-14-35-33(28)24-16-22-9-7-8-10-25(22)29(18-24)34(4,5)6;1-7-14(5,8-2)12(16)11-13(17)15(6,9-3)10-4;/h7-14,17-20H,15H2,1-6H3;11,16H,7-10H2,1-6H3;/q-1;;/b;12-11-;. The summed E-state index contributed by atoms with van der Waals surface area (Å²) >= 11 is 0. The van der Waals surface area contributed by atoms with E-state index in [2.05, 4.69) is 102 Å². The summed E-state index contributed by atoms with van der Waals surface area (Å²) in [5.41, 5.74) is 6.63. The zero-order chi connectivity index (χ0) is 39.6. The van der Waals surface area contributed by atoms with Gasteiger partial charge >= 0.3 is 0 Å². The van der Waals surface area contributed by atoms with Gasteiger partial charge in [0.2, 0.25) is 0 Å². The number of furan rings is 2. The number of carbonyl (C=O) groups excluding carboxylic acids is 1. The predicted octanol–water partition coefficient (Wildman–Crippen LogP) is 14.3. The van der Waals surface area contributed by atoms with Crippen molar-refractivity contribution in [3.63, 3.8) is 0 Å². The van der Waals surface area contributed by atoms with E-state index in [0.717, 1.165) is 82.4 Å². The molecule has 6 heteroatoms. The van der Waals surface area contributed by atoms with Crippen molar-refractivity contribution >= 4 is 38.5 Å². The molecule has 295 valence electrons. The molecule has 0 saturated heterocycles. The van der Waals surface area contributed by atoms with Gasteiger partial charge in [0, 0.05) is 70.8 Å². The average molecular weight is 919 g/mol. The molecule has 0 aliphatic carbocycles. The van der Waals surface area contributed by atoms with Gasteiger partial charge in [0.15, 0.2) is 5.78 Å². The number of aliphatic hydroxyl groups is 1. The van der Waals surface area contributed by atoms with E-state index in [9.17, 15) is 9.90 Å². The van der Waals surface area contributed by atoms with Crippen LogP contribution in [0.1, 0.15) is 119 Å². The van der Waals surface area contributed by atoms with Gasteiger partial charge in [0.25, 0.3) is 0 Å². The zero-order valence-corrected chi connectivity index (χ0v) is 37.4. The van der Waals surface area contributed by atoms with Gasteiger partial charge < -0.3 is 13.9 Å². The van der Waals surface area contributed by atoms with Crippen molar-refractivity contribution in [3.05, 3.63) is 102 Å². The Bertz CT molecular complexity index is 2290. The third kappa shape index (κ3) is 9.19. The molecule has 0 bridgehead atoms. The van der Waals surface area contributed by atoms with Crippen molar-refractivity contribution in [1.82, 2.24) is 4.98 Å². The molecule has 0 fully saturated rings.